The number of fused-ring (bicyclic) bond motifs is 5. The van der Waals surface area contributed by atoms with E-state index in [2.05, 4.69) is 56.6 Å². The number of phenolic OH excluding ortho intramolecular Hbond substituents is 1. The van der Waals surface area contributed by atoms with Crippen LogP contribution >= 0.6 is 0 Å². The Morgan fingerprint density at radius 3 is 2.29 bits per heavy atom. The number of aromatic nitrogens is 1. The summed E-state index contributed by atoms with van der Waals surface area (Å²) in [6.07, 6.45) is 20.3. The number of likely N-dealkylation sites (tertiary alicyclic amines) is 1. The SMILES string of the molecule is CC(C)CCC[C@@H](C)[C@H]1CC[C@H]2[C@@H]3CC=C4C[C@@H](OC(=O)[C@H](CCCCNC(=O)OC(C)(C)C)NC(=O)[C@H](Cc5ccc(O)cc5)NC(=O)[C@@H]5CCCN5C(=O)c5ccc[n+](C)c5)CC[C@]4(C)[C@H]3CC[C@]12C.O=S(=O)([O-])O. The predicted octanol–water partition coefficient (Wildman–Crippen LogP) is 8.69. The van der Waals surface area contributed by atoms with Crippen molar-refractivity contribution in [3.63, 3.8) is 0 Å². The van der Waals surface area contributed by atoms with E-state index in [9.17, 15) is 29.1 Å². The molecule has 11 atom stereocenters. The molecule has 3 saturated carbocycles. The van der Waals surface area contributed by atoms with Gasteiger partial charge in [-0.2, -0.15) is 0 Å². The van der Waals surface area contributed by atoms with E-state index in [1.54, 1.807) is 60.7 Å². The van der Waals surface area contributed by atoms with E-state index >= 15 is 0 Å². The number of ether oxygens (including phenoxy) is 2. The number of aryl methyl sites for hydroxylation is 1. The third kappa shape index (κ3) is 16.7. The number of unbranched alkanes of at least 4 members (excludes halogenated alkanes) is 1. The maximum absolute atomic E-state index is 14.6. The molecule has 0 unspecified atom stereocenters. The topological polar surface area (TPSA) is 245 Å². The zero-order valence-electron chi connectivity index (χ0n) is 47.2. The number of carbonyl (C=O) groups excluding carboxylic acids is 5. The highest BCUT2D eigenvalue weighted by Gasteiger charge is 2.59. The van der Waals surface area contributed by atoms with Gasteiger partial charge in [-0.1, -0.05) is 77.7 Å². The van der Waals surface area contributed by atoms with Crippen LogP contribution in [-0.4, -0.2) is 100 Å². The summed E-state index contributed by atoms with van der Waals surface area (Å²) in [7, 11) is -3.08. The Morgan fingerprint density at radius 1 is 0.896 bits per heavy atom. The number of allylic oxidation sites excluding steroid dienone is 1. The molecule has 17 nitrogen and oxygen atoms in total. The standard InChI is InChI=1S/C59H87N5O8.H2O4S/c1-38(2)15-12-16-39(3)46-26-27-47-45-25-22-42-36-44(28-30-58(42,7)48(45)29-31-59(46,47)8)71-55(69)49(18-10-11-32-60-56(70)72-57(4,5)6)61-52(66)50(35-40-20-23-43(65)24-21-40)62-53(67)51-19-14-34-64(51)54(68)41-17-13-33-63(9)37-41;1-5(2,3)4/h13,17,20-24,33,37-39,44-51H,10-12,14-16,18-19,25-32,34-36H2,1-9H3,(H3-,60,61,62,65,66,67,70);(H2,1,2,3,4)/t39-,44+,45+,46-,47+,48+,49+,50+,51+,58+,59-;/m1./s1. The molecule has 0 bridgehead atoms. The van der Waals surface area contributed by atoms with Crippen LogP contribution in [0.1, 0.15) is 174 Å². The van der Waals surface area contributed by atoms with Gasteiger partial charge in [0.05, 0.1) is 0 Å². The molecular formula is C59H89N5O12S. The van der Waals surface area contributed by atoms with Crippen molar-refractivity contribution < 1.29 is 60.6 Å². The summed E-state index contributed by atoms with van der Waals surface area (Å²) in [6.45, 7) is 18.4. The molecular weight excluding hydrogens is 1000 g/mol. The summed E-state index contributed by atoms with van der Waals surface area (Å²) >= 11 is 0. The maximum Gasteiger partial charge on any atom is 0.407 e. The van der Waals surface area contributed by atoms with E-state index in [0.717, 1.165) is 42.9 Å². The molecule has 4 aliphatic carbocycles. The second kappa shape index (κ2) is 26.3. The van der Waals surface area contributed by atoms with Crippen molar-refractivity contribution >= 4 is 40.2 Å². The van der Waals surface area contributed by atoms with Gasteiger partial charge in [0.1, 0.15) is 48.2 Å². The molecule has 4 fully saturated rings. The molecule has 2 heterocycles. The van der Waals surface area contributed by atoms with Crippen LogP contribution in [0.25, 0.3) is 0 Å². The number of aromatic hydroxyl groups is 1. The Balaban J connectivity index is 0.00000183. The number of nitrogens with one attached hydrogen (secondary N) is 3. The number of amides is 4. The predicted molar refractivity (Wildman–Crippen MR) is 291 cm³/mol. The van der Waals surface area contributed by atoms with Crippen molar-refractivity contribution in [2.24, 2.45) is 53.4 Å². The van der Waals surface area contributed by atoms with Crippen LogP contribution in [0.5, 0.6) is 5.75 Å². The molecule has 1 aliphatic heterocycles. The lowest BCUT2D eigenvalue weighted by Crippen LogP contribution is -2.56. The molecule has 2 aromatic rings. The van der Waals surface area contributed by atoms with E-state index in [4.69, 9.17) is 27.0 Å². The van der Waals surface area contributed by atoms with Crippen LogP contribution in [0.2, 0.25) is 0 Å². The molecule has 18 heteroatoms. The van der Waals surface area contributed by atoms with E-state index in [0.29, 0.717) is 73.6 Å². The molecule has 77 heavy (non-hydrogen) atoms. The van der Waals surface area contributed by atoms with Crippen LogP contribution < -0.4 is 20.5 Å². The van der Waals surface area contributed by atoms with Gasteiger partial charge in [-0.15, -0.1) is 0 Å². The van der Waals surface area contributed by atoms with Crippen LogP contribution in [0.15, 0.2) is 60.4 Å². The van der Waals surface area contributed by atoms with Gasteiger partial charge in [-0.3, -0.25) is 18.9 Å². The number of nitrogens with zero attached hydrogens (tertiary/aromatic N) is 2. The van der Waals surface area contributed by atoms with Crippen LogP contribution in [0.4, 0.5) is 4.79 Å². The molecule has 0 radical (unpaired) electrons. The second-order valence-corrected chi connectivity index (χ2v) is 25.7. The van der Waals surface area contributed by atoms with Crippen LogP contribution in [0, 0.1) is 46.3 Å². The third-order valence-electron chi connectivity index (χ3n) is 17.7. The summed E-state index contributed by atoms with van der Waals surface area (Å²) in [6, 6.07) is 7.01. The molecule has 4 amide bonds. The largest absolute Gasteiger partial charge is 0.726 e. The highest BCUT2D eigenvalue weighted by molar-refractivity contribution is 7.79. The fourth-order valence-electron chi connectivity index (χ4n) is 14.0. The lowest BCUT2D eigenvalue weighted by molar-refractivity contribution is -0.671. The summed E-state index contributed by atoms with van der Waals surface area (Å²) < 4.78 is 46.5. The summed E-state index contributed by atoms with van der Waals surface area (Å²) in [5, 5.41) is 18.8. The molecule has 1 aromatic carbocycles. The van der Waals surface area contributed by atoms with Crippen LogP contribution in [-0.2, 0) is 47.7 Å². The average Bonchev–Trinajstić information content (AvgIpc) is 3.99. The monoisotopic (exact) mass is 1090 g/mol. The number of pyridine rings is 1. The van der Waals surface area contributed by atoms with Crippen molar-refractivity contribution in [2.45, 2.75) is 194 Å². The fraction of sp³-hybridized carbons (Fsp3) is 0.695. The molecule has 0 spiro atoms. The van der Waals surface area contributed by atoms with Crippen molar-refractivity contribution in [3.05, 3.63) is 71.6 Å². The van der Waals surface area contributed by atoms with Gasteiger partial charge in [-0.25, -0.2) is 22.6 Å². The van der Waals surface area contributed by atoms with Gasteiger partial charge in [0.15, 0.2) is 12.4 Å². The minimum absolute atomic E-state index is 0.0654. The first-order chi connectivity index (χ1) is 36.1. The molecule has 428 valence electrons. The third-order valence-corrected chi connectivity index (χ3v) is 17.7. The zero-order valence-corrected chi connectivity index (χ0v) is 48.0. The van der Waals surface area contributed by atoms with E-state index in [-0.39, 0.29) is 36.0 Å². The Bertz CT molecular complexity index is 2510. The number of esters is 1. The average molecular weight is 1090 g/mol. The Labute approximate surface area is 458 Å². The number of alkyl carbamates (subject to hydrolysis) is 1. The van der Waals surface area contributed by atoms with Gasteiger partial charge in [-0.05, 0) is 168 Å². The minimum Gasteiger partial charge on any atom is -0.726 e. The van der Waals surface area contributed by atoms with E-state index < -0.39 is 58.0 Å². The molecule has 1 aromatic heterocycles. The van der Waals surface area contributed by atoms with E-state index in [1.165, 1.54) is 62.7 Å². The van der Waals surface area contributed by atoms with Gasteiger partial charge < -0.3 is 40.0 Å². The van der Waals surface area contributed by atoms with Crippen molar-refractivity contribution in [1.29, 1.82) is 0 Å². The smallest absolute Gasteiger partial charge is 0.407 e. The quantitative estimate of drug-likeness (QED) is 0.0222. The first kappa shape index (κ1) is 61.1. The lowest BCUT2D eigenvalue weighted by Gasteiger charge is -2.58. The summed E-state index contributed by atoms with van der Waals surface area (Å²) in [5.74, 6) is 2.66. The van der Waals surface area contributed by atoms with Gasteiger partial charge >= 0.3 is 12.1 Å². The van der Waals surface area contributed by atoms with Crippen LogP contribution in [0.3, 0.4) is 0 Å². The van der Waals surface area contributed by atoms with Gasteiger partial charge in [0.2, 0.25) is 22.2 Å². The fourth-order valence-corrected chi connectivity index (χ4v) is 14.0. The Kier molecular flexibility index (Phi) is 20.9. The summed E-state index contributed by atoms with van der Waals surface area (Å²) in [5.41, 5.74) is 2.40. The second-order valence-electron chi connectivity index (χ2n) is 24.9. The van der Waals surface area contributed by atoms with Crippen molar-refractivity contribution in [1.82, 2.24) is 20.9 Å². The lowest BCUT2D eigenvalue weighted by atomic mass is 9.47. The molecule has 1 saturated heterocycles. The number of phenols is 1. The zero-order chi connectivity index (χ0) is 56.5. The number of carbonyl (C=O) groups is 5. The molecule has 5 N–H and O–H groups in total. The molecule has 7 rings (SSSR count). The molecule has 5 aliphatic rings. The number of rotatable bonds is 19. The minimum atomic E-state index is -4.92. The number of benzene rings is 1. The van der Waals surface area contributed by atoms with E-state index in [1.807, 2.05) is 13.2 Å². The van der Waals surface area contributed by atoms with Gasteiger partial charge in [0, 0.05) is 32.0 Å². The van der Waals surface area contributed by atoms with Crippen molar-refractivity contribution in [3.8, 4) is 5.75 Å². The normalized spacial score (nSPS) is 27.0. The highest BCUT2D eigenvalue weighted by Crippen LogP contribution is 2.67. The first-order valence-corrected chi connectivity index (χ1v) is 29.7. The van der Waals surface area contributed by atoms with Gasteiger partial charge in [0.25, 0.3) is 5.91 Å². The highest BCUT2D eigenvalue weighted by atomic mass is 32.3. The first-order valence-electron chi connectivity index (χ1n) is 28.3. The number of hydrogen-bond acceptors (Lipinski definition) is 11. The Morgan fingerprint density at radius 2 is 1.61 bits per heavy atom. The Hall–Kier alpha value is -5.07. The summed E-state index contributed by atoms with van der Waals surface area (Å²) in [4.78, 5) is 71.0. The number of hydrogen-bond donors (Lipinski definition) is 5. The maximum atomic E-state index is 14.6. The van der Waals surface area contributed by atoms with Crippen molar-refractivity contribution in [2.75, 3.05) is 13.1 Å².